The minimum atomic E-state index is 0.00734. The quantitative estimate of drug-likeness (QED) is 0.811. The van der Waals surface area contributed by atoms with Gasteiger partial charge in [0.1, 0.15) is 0 Å². The van der Waals surface area contributed by atoms with Crippen molar-refractivity contribution in [3.8, 4) is 0 Å². The molecule has 1 amide bonds. The van der Waals surface area contributed by atoms with Crippen LogP contribution in [0.1, 0.15) is 12.0 Å². The predicted octanol–water partition coefficient (Wildman–Crippen LogP) is 2.74. The zero-order valence-corrected chi connectivity index (χ0v) is 14.6. The van der Waals surface area contributed by atoms with Crippen molar-refractivity contribution < 1.29 is 4.79 Å². The lowest BCUT2D eigenvalue weighted by molar-refractivity contribution is -0.117. The average molecular weight is 405 g/mol. The van der Waals surface area contributed by atoms with Gasteiger partial charge in [0.15, 0.2) is 0 Å². The highest BCUT2D eigenvalue weighted by Gasteiger charge is 2.23. The average Bonchev–Trinajstić information content (AvgIpc) is 2.81. The zero-order chi connectivity index (χ0) is 14.7. The Morgan fingerprint density at radius 2 is 2.10 bits per heavy atom. The molecule has 1 aromatic rings. The Kier molecular flexibility index (Phi) is 5.60. The van der Waals surface area contributed by atoms with Crippen LogP contribution in [0.5, 0.6) is 0 Å². The van der Waals surface area contributed by atoms with Crippen LogP contribution < -0.4 is 11.1 Å². The van der Waals surface area contributed by atoms with Crippen LogP contribution in [0.4, 0.5) is 5.69 Å². The molecule has 20 heavy (non-hydrogen) atoms. The topological polar surface area (TPSA) is 58.4 Å². The van der Waals surface area contributed by atoms with Crippen molar-refractivity contribution in [2.75, 3.05) is 31.5 Å². The van der Waals surface area contributed by atoms with Crippen molar-refractivity contribution in [2.45, 2.75) is 13.3 Å². The third kappa shape index (κ3) is 4.04. The molecular formula is C14H19Br2N3O. The number of carbonyl (C=O) groups excluding carboxylic acids is 1. The molecule has 1 saturated heterocycles. The molecule has 1 heterocycles. The molecule has 1 fully saturated rings. The van der Waals surface area contributed by atoms with E-state index in [-0.39, 0.29) is 5.91 Å². The third-order valence-corrected chi connectivity index (χ3v) is 4.77. The lowest BCUT2D eigenvalue weighted by Gasteiger charge is -2.16. The van der Waals surface area contributed by atoms with Crippen LogP contribution in [0.25, 0.3) is 0 Å². The van der Waals surface area contributed by atoms with Gasteiger partial charge >= 0.3 is 0 Å². The highest BCUT2D eigenvalue weighted by atomic mass is 79.9. The van der Waals surface area contributed by atoms with E-state index in [0.29, 0.717) is 19.0 Å². The van der Waals surface area contributed by atoms with Gasteiger partial charge in [-0.1, -0.05) is 0 Å². The second kappa shape index (κ2) is 7.02. The van der Waals surface area contributed by atoms with Gasteiger partial charge in [-0.05, 0) is 81.9 Å². The first-order valence-corrected chi connectivity index (χ1v) is 8.26. The molecule has 1 atom stereocenters. The SMILES string of the molecule is Cc1cc(Br)c(NC(=O)CN2CCC(CN)C2)c(Br)c1. The monoisotopic (exact) mass is 403 g/mol. The van der Waals surface area contributed by atoms with Gasteiger partial charge < -0.3 is 11.1 Å². The predicted molar refractivity (Wildman–Crippen MR) is 88.8 cm³/mol. The molecule has 1 aromatic carbocycles. The molecule has 0 saturated carbocycles. The number of halogens is 2. The number of hydrogen-bond acceptors (Lipinski definition) is 3. The van der Waals surface area contributed by atoms with Gasteiger partial charge in [0.2, 0.25) is 5.91 Å². The number of rotatable bonds is 4. The number of nitrogens with two attached hydrogens (primary N) is 1. The third-order valence-electron chi connectivity index (χ3n) is 3.52. The summed E-state index contributed by atoms with van der Waals surface area (Å²) in [7, 11) is 0. The number of hydrogen-bond donors (Lipinski definition) is 2. The Morgan fingerprint density at radius 3 is 2.65 bits per heavy atom. The fourth-order valence-corrected chi connectivity index (χ4v) is 4.06. The normalized spacial score (nSPS) is 19.3. The van der Waals surface area contributed by atoms with Crippen molar-refractivity contribution in [1.29, 1.82) is 0 Å². The summed E-state index contributed by atoms with van der Waals surface area (Å²) in [4.78, 5) is 14.3. The maximum Gasteiger partial charge on any atom is 0.238 e. The van der Waals surface area contributed by atoms with Crippen LogP contribution in [0.2, 0.25) is 0 Å². The molecule has 0 radical (unpaired) electrons. The van der Waals surface area contributed by atoms with Crippen LogP contribution in [0.3, 0.4) is 0 Å². The molecule has 1 aliphatic rings. The number of benzene rings is 1. The van der Waals surface area contributed by atoms with Gasteiger partial charge in [-0.3, -0.25) is 9.69 Å². The van der Waals surface area contributed by atoms with Crippen molar-refractivity contribution >= 4 is 43.5 Å². The molecule has 6 heteroatoms. The maximum atomic E-state index is 12.1. The molecule has 4 nitrogen and oxygen atoms in total. The summed E-state index contributed by atoms with van der Waals surface area (Å²) in [6.45, 7) is 5.00. The lowest BCUT2D eigenvalue weighted by Crippen LogP contribution is -2.32. The number of aryl methyl sites for hydroxylation is 1. The smallest absolute Gasteiger partial charge is 0.238 e. The minimum Gasteiger partial charge on any atom is -0.330 e. The maximum absolute atomic E-state index is 12.1. The summed E-state index contributed by atoms with van der Waals surface area (Å²) in [6.07, 6.45) is 1.09. The summed E-state index contributed by atoms with van der Waals surface area (Å²) in [5, 5.41) is 2.96. The number of likely N-dealkylation sites (tertiary alicyclic amines) is 1. The molecule has 0 spiro atoms. The lowest BCUT2D eigenvalue weighted by atomic mass is 10.1. The summed E-state index contributed by atoms with van der Waals surface area (Å²) in [5.41, 5.74) is 7.58. The van der Waals surface area contributed by atoms with Gasteiger partial charge in [-0.15, -0.1) is 0 Å². The molecule has 0 aromatic heterocycles. The van der Waals surface area contributed by atoms with Crippen LogP contribution >= 0.6 is 31.9 Å². The Morgan fingerprint density at radius 1 is 1.45 bits per heavy atom. The molecule has 110 valence electrons. The van der Waals surface area contributed by atoms with Crippen LogP contribution in [-0.4, -0.2) is 37.0 Å². The van der Waals surface area contributed by atoms with Gasteiger partial charge in [-0.2, -0.15) is 0 Å². The van der Waals surface area contributed by atoms with Crippen molar-refractivity contribution in [1.82, 2.24) is 4.90 Å². The summed E-state index contributed by atoms with van der Waals surface area (Å²) < 4.78 is 1.78. The van der Waals surface area contributed by atoms with Crippen molar-refractivity contribution in [3.63, 3.8) is 0 Å². The van der Waals surface area contributed by atoms with E-state index in [1.807, 2.05) is 19.1 Å². The first-order chi connectivity index (χ1) is 9.49. The van der Waals surface area contributed by atoms with E-state index in [4.69, 9.17) is 5.73 Å². The highest BCUT2D eigenvalue weighted by Crippen LogP contribution is 2.32. The second-order valence-corrected chi connectivity index (χ2v) is 6.99. The Balaban J connectivity index is 1.95. The largest absolute Gasteiger partial charge is 0.330 e. The van der Waals surface area contributed by atoms with Gasteiger partial charge in [0.25, 0.3) is 0 Å². The minimum absolute atomic E-state index is 0.00734. The Bertz CT molecular complexity index is 484. The standard InChI is InChI=1S/C14H19Br2N3O/c1-9-4-11(15)14(12(16)5-9)18-13(20)8-19-3-2-10(6-17)7-19/h4-5,10H,2-3,6-8,17H2,1H3,(H,18,20). The molecular weight excluding hydrogens is 386 g/mol. The molecule has 0 aliphatic carbocycles. The second-order valence-electron chi connectivity index (χ2n) is 5.28. The van der Waals surface area contributed by atoms with E-state index in [1.54, 1.807) is 0 Å². The van der Waals surface area contributed by atoms with E-state index >= 15 is 0 Å². The zero-order valence-electron chi connectivity index (χ0n) is 11.5. The fraction of sp³-hybridized carbons (Fsp3) is 0.500. The fourth-order valence-electron chi connectivity index (χ4n) is 2.45. The number of anilines is 1. The van der Waals surface area contributed by atoms with E-state index < -0.39 is 0 Å². The van der Waals surface area contributed by atoms with E-state index in [2.05, 4.69) is 42.1 Å². The van der Waals surface area contributed by atoms with E-state index in [9.17, 15) is 4.79 Å². The molecule has 0 bridgehead atoms. The van der Waals surface area contributed by atoms with Gasteiger partial charge in [0, 0.05) is 15.5 Å². The number of amides is 1. The summed E-state index contributed by atoms with van der Waals surface area (Å²) in [6, 6.07) is 3.97. The molecule has 1 aliphatic heterocycles. The van der Waals surface area contributed by atoms with Gasteiger partial charge in [-0.25, -0.2) is 0 Å². The molecule has 3 N–H and O–H groups in total. The Labute approximate surface area is 136 Å². The van der Waals surface area contributed by atoms with E-state index in [1.165, 1.54) is 0 Å². The van der Waals surface area contributed by atoms with Gasteiger partial charge in [0.05, 0.1) is 12.2 Å². The molecule has 1 unspecified atom stereocenters. The van der Waals surface area contributed by atoms with Crippen LogP contribution in [0.15, 0.2) is 21.1 Å². The highest BCUT2D eigenvalue weighted by molar-refractivity contribution is 9.11. The summed E-state index contributed by atoms with van der Waals surface area (Å²) >= 11 is 6.97. The van der Waals surface area contributed by atoms with Crippen LogP contribution in [0, 0.1) is 12.8 Å². The first kappa shape index (κ1) is 15.9. The van der Waals surface area contributed by atoms with Crippen molar-refractivity contribution in [3.05, 3.63) is 26.6 Å². The number of nitrogens with one attached hydrogen (secondary N) is 1. The van der Waals surface area contributed by atoms with Crippen LogP contribution in [-0.2, 0) is 4.79 Å². The number of nitrogens with zero attached hydrogens (tertiary/aromatic N) is 1. The summed E-state index contributed by atoms with van der Waals surface area (Å²) in [5.74, 6) is 0.536. The number of carbonyl (C=O) groups is 1. The first-order valence-electron chi connectivity index (χ1n) is 6.67. The van der Waals surface area contributed by atoms with E-state index in [0.717, 1.165) is 39.7 Å². The Hall–Kier alpha value is -0.430. The molecule has 2 rings (SSSR count). The van der Waals surface area contributed by atoms with Crippen molar-refractivity contribution in [2.24, 2.45) is 11.7 Å².